The van der Waals surface area contributed by atoms with Gasteiger partial charge in [0.1, 0.15) is 38.6 Å². The molecule has 0 amide bonds. The van der Waals surface area contributed by atoms with Crippen LogP contribution < -0.4 is 0 Å². The highest BCUT2D eigenvalue weighted by Crippen LogP contribution is 2.22. The van der Waals surface area contributed by atoms with Gasteiger partial charge in [-0.3, -0.25) is 4.79 Å². The molecule has 10 heteroatoms. The lowest BCUT2D eigenvalue weighted by atomic mass is 9.92. The summed E-state index contributed by atoms with van der Waals surface area (Å²) < 4.78 is 5.19. The fourth-order valence-electron chi connectivity index (χ4n) is 1.52. The molecule has 0 saturated carbocycles. The summed E-state index contributed by atoms with van der Waals surface area (Å²) in [5.74, 6) is -0.869. The van der Waals surface area contributed by atoms with E-state index in [0.29, 0.717) is 0 Å². The molecule has 0 rings (SSSR count). The quantitative estimate of drug-likeness (QED) is 0.0810. The van der Waals surface area contributed by atoms with Gasteiger partial charge in [-0.25, -0.2) is 34.6 Å². The monoisotopic (exact) mass is 404 g/mol. The molecule has 0 aromatic rings. The highest BCUT2D eigenvalue weighted by molar-refractivity contribution is 5.71. The molecule has 0 unspecified atom stereocenters. The van der Waals surface area contributed by atoms with Crippen molar-refractivity contribution < 1.29 is 49.0 Å². The fourth-order valence-corrected chi connectivity index (χ4v) is 1.52. The van der Waals surface area contributed by atoms with Crippen LogP contribution in [0.4, 0.5) is 0 Å². The van der Waals surface area contributed by atoms with Crippen molar-refractivity contribution in [3.63, 3.8) is 0 Å². The van der Waals surface area contributed by atoms with E-state index in [9.17, 15) is 4.79 Å². The summed E-state index contributed by atoms with van der Waals surface area (Å²) in [6, 6.07) is 0. The van der Waals surface area contributed by atoms with E-state index in [0.717, 1.165) is 0 Å². The average Bonchev–Trinajstić information content (AvgIpc) is 2.70. The number of carbonyl (C=O) groups excluding carboxylic acids is 1. The zero-order valence-corrected chi connectivity index (χ0v) is 15.8. The normalized spacial score (nSPS) is 10.9. The number of rotatable bonds is 20. The number of esters is 1. The zero-order chi connectivity index (χ0) is 21.1. The van der Waals surface area contributed by atoms with E-state index in [2.05, 4.69) is 31.2 Å². The minimum absolute atomic E-state index is 0.0968. The third kappa shape index (κ3) is 13.2. The number of ether oxygens (including phenoxy) is 1. The molecule has 0 bridgehead atoms. The Morgan fingerprint density at radius 3 is 1.57 bits per heavy atom. The molecule has 0 heterocycles. The van der Waals surface area contributed by atoms with Crippen LogP contribution in [-0.4, -0.2) is 57.5 Å². The second-order valence-electron chi connectivity index (χ2n) is 5.47. The van der Waals surface area contributed by atoms with Crippen LogP contribution in [0.5, 0.6) is 0 Å². The van der Waals surface area contributed by atoms with Crippen LogP contribution in [0, 0.1) is 5.41 Å². The molecule has 0 aliphatic rings. The SMILES string of the molecule is C=CCOOCC(COOCC=C)(COOCC=C)COC(=O)CC(=C)OO. The molecule has 0 spiro atoms. The van der Waals surface area contributed by atoms with Crippen molar-refractivity contribution in [2.24, 2.45) is 5.41 Å². The third-order valence-electron chi connectivity index (χ3n) is 2.91. The molecule has 10 nitrogen and oxygen atoms in total. The maximum absolute atomic E-state index is 11.9. The summed E-state index contributed by atoms with van der Waals surface area (Å²) in [7, 11) is 0. The molecule has 0 radical (unpaired) electrons. The maximum atomic E-state index is 11.9. The first-order chi connectivity index (χ1) is 13.5. The van der Waals surface area contributed by atoms with Crippen molar-refractivity contribution in [2.45, 2.75) is 6.42 Å². The van der Waals surface area contributed by atoms with Gasteiger partial charge in [-0.05, 0) is 0 Å². The first-order valence-corrected chi connectivity index (χ1v) is 8.24. The van der Waals surface area contributed by atoms with E-state index in [1.54, 1.807) is 0 Å². The van der Waals surface area contributed by atoms with Gasteiger partial charge in [0, 0.05) is 0 Å². The summed E-state index contributed by atoms with van der Waals surface area (Å²) in [5, 5.41) is 8.47. The Balaban J connectivity index is 5.00. The van der Waals surface area contributed by atoms with Gasteiger partial charge in [0.05, 0.1) is 25.2 Å². The second kappa shape index (κ2) is 17.1. The topological polar surface area (TPSA) is 111 Å². The van der Waals surface area contributed by atoms with Crippen LogP contribution in [0.25, 0.3) is 0 Å². The molecular weight excluding hydrogens is 376 g/mol. The molecule has 0 saturated heterocycles. The van der Waals surface area contributed by atoms with Crippen molar-refractivity contribution in [2.75, 3.05) is 46.2 Å². The van der Waals surface area contributed by atoms with Gasteiger partial charge in [0.25, 0.3) is 0 Å². The number of hydrogen-bond donors (Lipinski definition) is 1. The molecule has 0 aromatic carbocycles. The number of hydrogen-bond acceptors (Lipinski definition) is 10. The highest BCUT2D eigenvalue weighted by atomic mass is 17.2. The molecule has 0 aliphatic carbocycles. The van der Waals surface area contributed by atoms with Crippen molar-refractivity contribution in [3.05, 3.63) is 50.3 Å². The Kier molecular flexibility index (Phi) is 15.8. The maximum Gasteiger partial charge on any atom is 0.313 e. The van der Waals surface area contributed by atoms with Crippen LogP contribution in [0.1, 0.15) is 6.42 Å². The Hall–Kier alpha value is -2.05. The van der Waals surface area contributed by atoms with Crippen molar-refractivity contribution in [1.82, 2.24) is 0 Å². The van der Waals surface area contributed by atoms with Crippen LogP contribution in [-0.2, 0) is 43.7 Å². The second-order valence-corrected chi connectivity index (χ2v) is 5.47. The Morgan fingerprint density at radius 1 is 0.786 bits per heavy atom. The smallest absolute Gasteiger partial charge is 0.313 e. The first-order valence-electron chi connectivity index (χ1n) is 8.24. The lowest BCUT2D eigenvalue weighted by Crippen LogP contribution is -2.42. The van der Waals surface area contributed by atoms with Gasteiger partial charge in [-0.2, -0.15) is 0 Å². The Bertz CT molecular complexity index is 436. The standard InChI is InChI=1S/C18H28O10/c1-5-8-22-25-13-18(14-26-23-9-6-2,15-27-24-10-7-3)12-21-17(19)11-16(4)28-20/h5-7,20H,1-4,8-15H2. The molecular formula is C18H28O10. The van der Waals surface area contributed by atoms with Crippen LogP contribution in [0.3, 0.4) is 0 Å². The third-order valence-corrected chi connectivity index (χ3v) is 2.91. The highest BCUT2D eigenvalue weighted by Gasteiger charge is 2.36. The molecule has 1 N–H and O–H groups in total. The molecule has 160 valence electrons. The fraction of sp³-hybridized carbons (Fsp3) is 0.500. The molecule has 0 atom stereocenters. The lowest BCUT2D eigenvalue weighted by Gasteiger charge is -2.30. The predicted octanol–water partition coefficient (Wildman–Crippen LogP) is 2.31. The largest absolute Gasteiger partial charge is 0.464 e. The van der Waals surface area contributed by atoms with E-state index < -0.39 is 11.4 Å². The number of carbonyl (C=O) groups is 1. The van der Waals surface area contributed by atoms with Gasteiger partial charge in [0.2, 0.25) is 0 Å². The van der Waals surface area contributed by atoms with Crippen LogP contribution in [0.15, 0.2) is 50.3 Å². The van der Waals surface area contributed by atoms with Gasteiger partial charge < -0.3 is 9.62 Å². The van der Waals surface area contributed by atoms with E-state index in [1.807, 2.05) is 0 Å². The van der Waals surface area contributed by atoms with E-state index in [1.165, 1.54) is 18.2 Å². The Morgan fingerprint density at radius 2 is 1.21 bits per heavy atom. The van der Waals surface area contributed by atoms with Crippen LogP contribution >= 0.6 is 0 Å². The summed E-state index contributed by atoms with van der Waals surface area (Å²) in [6.07, 6.45) is 4.14. The van der Waals surface area contributed by atoms with E-state index >= 15 is 0 Å². The van der Waals surface area contributed by atoms with Crippen molar-refractivity contribution in [3.8, 4) is 0 Å². The van der Waals surface area contributed by atoms with Gasteiger partial charge >= 0.3 is 5.97 Å². The molecule has 0 aliphatic heterocycles. The van der Waals surface area contributed by atoms with Crippen molar-refractivity contribution in [1.29, 1.82) is 0 Å². The predicted molar refractivity (Wildman–Crippen MR) is 97.2 cm³/mol. The molecule has 28 heavy (non-hydrogen) atoms. The summed E-state index contributed by atoms with van der Waals surface area (Å²) in [5.41, 5.74) is -1.05. The summed E-state index contributed by atoms with van der Waals surface area (Å²) in [6.45, 7) is 13.8. The van der Waals surface area contributed by atoms with E-state index in [-0.39, 0.29) is 58.4 Å². The zero-order valence-electron chi connectivity index (χ0n) is 15.8. The van der Waals surface area contributed by atoms with Gasteiger partial charge in [-0.15, -0.1) is 19.7 Å². The average molecular weight is 404 g/mol. The van der Waals surface area contributed by atoms with Gasteiger partial charge in [0.15, 0.2) is 0 Å². The Labute approximate surface area is 164 Å². The molecule has 0 aromatic heterocycles. The minimum Gasteiger partial charge on any atom is -0.464 e. The summed E-state index contributed by atoms with van der Waals surface area (Å²) >= 11 is 0. The summed E-state index contributed by atoms with van der Waals surface area (Å²) in [4.78, 5) is 45.9. The lowest BCUT2D eigenvalue weighted by molar-refractivity contribution is -0.365. The first kappa shape index (κ1) is 26.0. The van der Waals surface area contributed by atoms with Crippen LogP contribution in [0.2, 0.25) is 0 Å². The van der Waals surface area contributed by atoms with Gasteiger partial charge in [-0.1, -0.05) is 24.8 Å². The van der Waals surface area contributed by atoms with Crippen molar-refractivity contribution >= 4 is 5.97 Å². The minimum atomic E-state index is -1.05. The van der Waals surface area contributed by atoms with E-state index in [4.69, 9.17) is 39.3 Å². The molecule has 0 fully saturated rings.